The molecule has 0 bridgehead atoms. The van der Waals surface area contributed by atoms with E-state index in [1.54, 1.807) is 0 Å². The van der Waals surface area contributed by atoms with Gasteiger partial charge in [-0.15, -0.1) is 0 Å². The summed E-state index contributed by atoms with van der Waals surface area (Å²) >= 11 is 0. The van der Waals surface area contributed by atoms with Crippen molar-refractivity contribution in [3.8, 4) is 0 Å². The van der Waals surface area contributed by atoms with Gasteiger partial charge < -0.3 is 23.8 Å². The Hall–Kier alpha value is -3.75. The van der Waals surface area contributed by atoms with Crippen LogP contribution in [0, 0.1) is 0 Å². The van der Waals surface area contributed by atoms with Crippen molar-refractivity contribution in [2.75, 3.05) is 41.0 Å². The van der Waals surface area contributed by atoms with Crippen molar-refractivity contribution < 1.29 is 38.2 Å². The van der Waals surface area contributed by atoms with Gasteiger partial charge in [-0.25, -0.2) is 4.79 Å². The highest BCUT2D eigenvalue weighted by molar-refractivity contribution is 5.72. The van der Waals surface area contributed by atoms with Crippen molar-refractivity contribution in [2.45, 2.75) is 161 Å². The molecule has 0 amide bonds. The van der Waals surface area contributed by atoms with Crippen LogP contribution in [0.1, 0.15) is 149 Å². The number of likely N-dealkylation sites (N-methyl/N-ethyl adjacent to an activating group) is 1. The van der Waals surface area contributed by atoms with Gasteiger partial charge in [0.1, 0.15) is 6.61 Å². The van der Waals surface area contributed by atoms with Crippen molar-refractivity contribution in [1.82, 2.24) is 0 Å². The van der Waals surface area contributed by atoms with E-state index in [0.717, 1.165) is 103 Å². The summed E-state index contributed by atoms with van der Waals surface area (Å²) in [6.07, 6.45) is 53.2. The molecule has 2 atom stereocenters. The van der Waals surface area contributed by atoms with E-state index in [2.05, 4.69) is 111 Å². The minimum atomic E-state index is -0.888. The number of nitrogens with zero attached hydrogens (tertiary/aromatic N) is 1. The highest BCUT2D eigenvalue weighted by atomic mass is 16.6. The number of hydrogen-bond acceptors (Lipinski definition) is 6. The normalized spacial score (nSPS) is 13.9. The molecule has 0 fully saturated rings. The van der Waals surface area contributed by atoms with Crippen molar-refractivity contribution in [3.05, 3.63) is 97.2 Å². The Bertz CT molecular complexity index is 1260. The molecule has 0 saturated carbocycles. The summed E-state index contributed by atoms with van der Waals surface area (Å²) in [5.74, 6) is -1.55. The Morgan fingerprint density at radius 1 is 0.552 bits per heavy atom. The van der Waals surface area contributed by atoms with Crippen LogP contribution in [0.2, 0.25) is 0 Å². The maximum Gasteiger partial charge on any atom is 0.362 e. The topological polar surface area (TPSA) is 99.1 Å². The number of quaternary nitrogens is 1. The fourth-order valence-corrected chi connectivity index (χ4v) is 5.78. The van der Waals surface area contributed by atoms with E-state index in [0.29, 0.717) is 12.8 Å². The van der Waals surface area contributed by atoms with Gasteiger partial charge in [0.2, 0.25) is 0 Å². The molecule has 328 valence electrons. The van der Waals surface area contributed by atoms with Crippen molar-refractivity contribution in [2.24, 2.45) is 0 Å². The molecule has 0 radical (unpaired) electrons. The second-order valence-corrected chi connectivity index (χ2v) is 15.6. The van der Waals surface area contributed by atoms with E-state index in [1.807, 2.05) is 21.1 Å². The molecule has 0 aromatic rings. The summed E-state index contributed by atoms with van der Waals surface area (Å²) in [6, 6.07) is -0.628. The van der Waals surface area contributed by atoms with Crippen LogP contribution in [-0.4, -0.2) is 80.6 Å². The third kappa shape index (κ3) is 37.8. The molecule has 0 heterocycles. The summed E-state index contributed by atoms with van der Waals surface area (Å²) in [5.41, 5.74) is 0. The first kappa shape index (κ1) is 54.2. The van der Waals surface area contributed by atoms with Gasteiger partial charge in [0.25, 0.3) is 0 Å². The number of carbonyl (C=O) groups is 3. The number of carboxylic acids is 1. The summed E-state index contributed by atoms with van der Waals surface area (Å²) in [7, 11) is 5.49. The Kier molecular flexibility index (Phi) is 37.5. The maximum atomic E-state index is 12.7. The molecule has 2 unspecified atom stereocenters. The number of allylic oxidation sites excluding steroid dienone is 16. The molecule has 0 saturated heterocycles. The monoisotopic (exact) mass is 809 g/mol. The molecule has 0 rings (SSSR count). The SMILES string of the molecule is CC/C=C/C/C=C/C/C=C/C/C=C/C/C=C/C/C=C/CCCCCCC(=O)OCC(COCCC(C(=O)O)[N+](C)(C)C)OC(=O)CCCCC/C=C/C=C/CCCC. The third-order valence-corrected chi connectivity index (χ3v) is 9.25. The number of hydrogen-bond donors (Lipinski definition) is 1. The van der Waals surface area contributed by atoms with Gasteiger partial charge in [-0.05, 0) is 83.5 Å². The van der Waals surface area contributed by atoms with Gasteiger partial charge in [0.05, 0.1) is 34.4 Å². The fourth-order valence-electron chi connectivity index (χ4n) is 5.78. The average molecular weight is 809 g/mol. The lowest BCUT2D eigenvalue weighted by atomic mass is 10.1. The van der Waals surface area contributed by atoms with Gasteiger partial charge in [-0.1, -0.05) is 143 Å². The van der Waals surface area contributed by atoms with Crippen LogP contribution in [0.25, 0.3) is 0 Å². The molecule has 58 heavy (non-hydrogen) atoms. The molecule has 1 N–H and O–H groups in total. The van der Waals surface area contributed by atoms with Crippen LogP contribution in [0.4, 0.5) is 0 Å². The van der Waals surface area contributed by atoms with E-state index < -0.39 is 18.1 Å². The number of aliphatic carboxylic acids is 1. The standard InChI is InChI=1S/C50H81NO7/c1-6-8-10-12-14-16-18-19-20-21-22-23-24-25-26-27-28-29-31-32-34-36-38-40-48(52)57-45-46(44-56-43-42-47(50(54)55)51(3,4)5)58-49(53)41-39-37-35-33-30-17-15-13-11-9-7-2/h8,10,13-17,19-20,22-23,25-26,28-30,46-47H,6-7,9,11-12,18,21,24,27,31-45H2,1-5H3/p+1/b10-8+,15-13+,16-14+,20-19+,23-22+,26-25+,29-28+,30-17+. The minimum absolute atomic E-state index is 0.0354. The number of carboxylic acid groups (broad SMARTS) is 1. The second kappa shape index (κ2) is 40.0. The lowest BCUT2D eigenvalue weighted by Crippen LogP contribution is -2.50. The molecule has 0 aliphatic heterocycles. The van der Waals surface area contributed by atoms with Gasteiger partial charge in [-0.3, -0.25) is 9.59 Å². The average Bonchev–Trinajstić information content (AvgIpc) is 3.18. The third-order valence-electron chi connectivity index (χ3n) is 9.25. The fraction of sp³-hybridized carbons (Fsp3) is 0.620. The number of rotatable bonds is 38. The summed E-state index contributed by atoms with van der Waals surface area (Å²) in [4.78, 5) is 36.9. The number of esters is 2. The quantitative estimate of drug-likeness (QED) is 0.0218. The molecular weight excluding hydrogens is 727 g/mol. The summed E-state index contributed by atoms with van der Waals surface area (Å²) in [6.45, 7) is 4.48. The highest BCUT2D eigenvalue weighted by Crippen LogP contribution is 2.12. The predicted molar refractivity (Wildman–Crippen MR) is 243 cm³/mol. The van der Waals surface area contributed by atoms with E-state index in [4.69, 9.17) is 14.2 Å². The first-order valence-corrected chi connectivity index (χ1v) is 22.3. The van der Waals surface area contributed by atoms with Gasteiger partial charge in [0, 0.05) is 19.3 Å². The molecule has 0 aromatic heterocycles. The van der Waals surface area contributed by atoms with Crippen LogP contribution < -0.4 is 0 Å². The zero-order valence-electron chi connectivity index (χ0n) is 37.2. The zero-order valence-corrected chi connectivity index (χ0v) is 37.2. The van der Waals surface area contributed by atoms with Crippen molar-refractivity contribution >= 4 is 17.9 Å². The highest BCUT2D eigenvalue weighted by Gasteiger charge is 2.31. The number of unbranched alkanes of at least 4 members (excludes halogenated alkanes) is 9. The Balaban J connectivity index is 4.37. The molecule has 0 aliphatic rings. The lowest BCUT2D eigenvalue weighted by Gasteiger charge is -2.31. The molecule has 0 aliphatic carbocycles. The largest absolute Gasteiger partial charge is 0.477 e. The first-order valence-electron chi connectivity index (χ1n) is 22.3. The zero-order chi connectivity index (χ0) is 42.8. The number of carbonyl (C=O) groups excluding carboxylic acids is 2. The Labute approximate surface area is 354 Å². The van der Waals surface area contributed by atoms with Crippen LogP contribution in [0.5, 0.6) is 0 Å². The van der Waals surface area contributed by atoms with Crippen LogP contribution in [0.3, 0.4) is 0 Å². The van der Waals surface area contributed by atoms with Crippen molar-refractivity contribution in [1.29, 1.82) is 0 Å². The van der Waals surface area contributed by atoms with Gasteiger partial charge >= 0.3 is 17.9 Å². The number of ether oxygens (including phenoxy) is 3. The Morgan fingerprint density at radius 3 is 1.53 bits per heavy atom. The minimum Gasteiger partial charge on any atom is -0.477 e. The smallest absolute Gasteiger partial charge is 0.362 e. The predicted octanol–water partition coefficient (Wildman–Crippen LogP) is 12.3. The molecule has 8 nitrogen and oxygen atoms in total. The Morgan fingerprint density at radius 2 is 1.02 bits per heavy atom. The summed E-state index contributed by atoms with van der Waals surface area (Å²) < 4.78 is 17.2. The molecule has 0 spiro atoms. The van der Waals surface area contributed by atoms with E-state index >= 15 is 0 Å². The summed E-state index contributed by atoms with van der Waals surface area (Å²) in [5, 5.41) is 9.61. The van der Waals surface area contributed by atoms with Gasteiger partial charge in [0.15, 0.2) is 12.1 Å². The van der Waals surface area contributed by atoms with E-state index in [-0.39, 0.29) is 42.7 Å². The van der Waals surface area contributed by atoms with E-state index in [1.165, 1.54) is 12.8 Å². The molecule has 0 aromatic carbocycles. The van der Waals surface area contributed by atoms with Crippen LogP contribution >= 0.6 is 0 Å². The van der Waals surface area contributed by atoms with E-state index in [9.17, 15) is 19.5 Å². The first-order chi connectivity index (χ1) is 28.1. The molecule has 8 heteroatoms. The van der Waals surface area contributed by atoms with Crippen molar-refractivity contribution in [3.63, 3.8) is 0 Å². The second-order valence-electron chi connectivity index (χ2n) is 15.6. The van der Waals surface area contributed by atoms with Crippen LogP contribution in [-0.2, 0) is 28.6 Å². The molecular formula is C50H82NO7+. The van der Waals surface area contributed by atoms with Crippen LogP contribution in [0.15, 0.2) is 97.2 Å². The van der Waals surface area contributed by atoms with Gasteiger partial charge in [-0.2, -0.15) is 0 Å². The maximum absolute atomic E-state index is 12.7. The lowest BCUT2D eigenvalue weighted by molar-refractivity contribution is -0.887.